The molecule has 10 heteroatoms. The van der Waals surface area contributed by atoms with Crippen LogP contribution < -0.4 is 5.32 Å². The molecular weight excluding hydrogens is 428 g/mol. The number of aromatic nitrogens is 2. The molecule has 2 aromatic carbocycles. The minimum Gasteiger partial charge on any atom is -0.334 e. The van der Waals surface area contributed by atoms with Crippen molar-refractivity contribution in [3.63, 3.8) is 0 Å². The number of rotatable bonds is 8. The van der Waals surface area contributed by atoms with Gasteiger partial charge in [-0.2, -0.15) is 4.98 Å². The van der Waals surface area contributed by atoms with Crippen LogP contribution in [0.15, 0.2) is 57.9 Å². The normalized spacial score (nSPS) is 11.6. The summed E-state index contributed by atoms with van der Waals surface area (Å²) in [6.45, 7) is 1.91. The summed E-state index contributed by atoms with van der Waals surface area (Å²) in [7, 11) is -2.22. The lowest BCUT2D eigenvalue weighted by atomic mass is 10.2. The van der Waals surface area contributed by atoms with E-state index in [4.69, 9.17) is 16.1 Å². The second-order valence-corrected chi connectivity index (χ2v) is 8.95. The zero-order valence-electron chi connectivity index (χ0n) is 16.5. The Bertz CT molecular complexity index is 1130. The molecule has 1 N–H and O–H groups in total. The predicted octanol–water partition coefficient (Wildman–Crippen LogP) is 3.60. The van der Waals surface area contributed by atoms with Crippen LogP contribution in [-0.4, -0.2) is 42.4 Å². The number of amides is 1. The zero-order chi connectivity index (χ0) is 21.7. The Labute approximate surface area is 179 Å². The number of benzene rings is 2. The fourth-order valence-electron chi connectivity index (χ4n) is 2.62. The van der Waals surface area contributed by atoms with Gasteiger partial charge in [-0.25, -0.2) is 12.7 Å². The van der Waals surface area contributed by atoms with Crippen molar-refractivity contribution in [2.45, 2.75) is 24.7 Å². The fraction of sp³-hybridized carbons (Fsp3) is 0.250. The lowest BCUT2D eigenvalue weighted by molar-refractivity contribution is -0.115. The van der Waals surface area contributed by atoms with E-state index in [-0.39, 0.29) is 29.7 Å². The van der Waals surface area contributed by atoms with Crippen LogP contribution in [0.4, 0.5) is 5.69 Å². The molecule has 158 valence electrons. The van der Waals surface area contributed by atoms with E-state index in [1.165, 1.54) is 23.5 Å². The summed E-state index contributed by atoms with van der Waals surface area (Å²) in [6, 6.07) is 13.1. The molecule has 1 heterocycles. The van der Waals surface area contributed by atoms with Gasteiger partial charge >= 0.3 is 0 Å². The van der Waals surface area contributed by atoms with Crippen LogP contribution in [0.3, 0.4) is 0 Å². The molecule has 8 nitrogen and oxygen atoms in total. The average Bonchev–Trinajstić information content (AvgIpc) is 3.21. The standard InChI is InChI=1S/C20H21ClN4O4S/c1-3-19(26)22-14-8-10-15(11-9-14)30(27,28)25(2)13-12-18-23-20(29-24-18)16-6-4-5-7-17(16)21/h4-11H,3,12-13H2,1-2H3,(H,22,26). The van der Waals surface area contributed by atoms with Crippen LogP contribution in [0.25, 0.3) is 11.5 Å². The van der Waals surface area contributed by atoms with Crippen LogP contribution in [0, 0.1) is 0 Å². The van der Waals surface area contributed by atoms with E-state index in [0.717, 1.165) is 0 Å². The molecule has 0 unspecified atom stereocenters. The number of hydrogen-bond donors (Lipinski definition) is 1. The number of nitrogens with one attached hydrogen (secondary N) is 1. The summed E-state index contributed by atoms with van der Waals surface area (Å²) in [5.74, 6) is 0.523. The number of likely N-dealkylation sites (N-methyl/N-ethyl adjacent to an activating group) is 1. The Morgan fingerprint density at radius 2 is 1.87 bits per heavy atom. The van der Waals surface area contributed by atoms with Crippen LogP contribution in [-0.2, 0) is 21.2 Å². The summed E-state index contributed by atoms with van der Waals surface area (Å²) in [4.78, 5) is 15.9. The summed E-state index contributed by atoms with van der Waals surface area (Å²) >= 11 is 6.13. The quantitative estimate of drug-likeness (QED) is 0.564. The number of sulfonamides is 1. The van der Waals surface area contributed by atoms with Gasteiger partial charge in [-0.3, -0.25) is 4.79 Å². The molecular formula is C20H21ClN4O4S. The molecule has 30 heavy (non-hydrogen) atoms. The van der Waals surface area contributed by atoms with Crippen molar-refractivity contribution >= 4 is 33.2 Å². The number of carbonyl (C=O) groups excluding carboxylic acids is 1. The van der Waals surface area contributed by atoms with Crippen molar-refractivity contribution in [3.8, 4) is 11.5 Å². The number of carbonyl (C=O) groups is 1. The van der Waals surface area contributed by atoms with Crippen molar-refractivity contribution in [2.24, 2.45) is 0 Å². The van der Waals surface area contributed by atoms with Gasteiger partial charge in [-0.1, -0.05) is 35.8 Å². The van der Waals surface area contributed by atoms with E-state index in [0.29, 0.717) is 28.5 Å². The Morgan fingerprint density at radius 1 is 1.17 bits per heavy atom. The third-order valence-electron chi connectivity index (χ3n) is 4.39. The highest BCUT2D eigenvalue weighted by molar-refractivity contribution is 7.89. The van der Waals surface area contributed by atoms with Crippen LogP contribution in [0.5, 0.6) is 0 Å². The van der Waals surface area contributed by atoms with E-state index in [9.17, 15) is 13.2 Å². The lowest BCUT2D eigenvalue weighted by Crippen LogP contribution is -2.29. The summed E-state index contributed by atoms with van der Waals surface area (Å²) < 4.78 is 32.0. The minimum absolute atomic E-state index is 0.129. The Kier molecular flexibility index (Phi) is 6.86. The predicted molar refractivity (Wildman–Crippen MR) is 114 cm³/mol. The fourth-order valence-corrected chi connectivity index (χ4v) is 4.00. The van der Waals surface area contributed by atoms with E-state index in [2.05, 4.69) is 15.5 Å². The molecule has 0 fully saturated rings. The third-order valence-corrected chi connectivity index (χ3v) is 6.59. The second-order valence-electron chi connectivity index (χ2n) is 6.50. The Balaban J connectivity index is 1.65. The maximum absolute atomic E-state index is 12.8. The Morgan fingerprint density at radius 3 is 2.53 bits per heavy atom. The number of nitrogens with zero attached hydrogens (tertiary/aromatic N) is 3. The molecule has 0 saturated heterocycles. The minimum atomic E-state index is -3.70. The molecule has 0 spiro atoms. The molecule has 1 aromatic heterocycles. The highest BCUT2D eigenvalue weighted by atomic mass is 35.5. The highest BCUT2D eigenvalue weighted by Crippen LogP contribution is 2.26. The highest BCUT2D eigenvalue weighted by Gasteiger charge is 2.21. The van der Waals surface area contributed by atoms with Gasteiger partial charge < -0.3 is 9.84 Å². The number of halogens is 1. The first-order chi connectivity index (χ1) is 14.3. The smallest absolute Gasteiger partial charge is 0.259 e. The molecule has 3 rings (SSSR count). The SMILES string of the molecule is CCC(=O)Nc1ccc(S(=O)(=O)N(C)CCc2noc(-c3ccccc3Cl)n2)cc1. The largest absolute Gasteiger partial charge is 0.334 e. The molecule has 1 amide bonds. The first kappa shape index (κ1) is 21.9. The van der Waals surface area contributed by atoms with E-state index in [1.807, 2.05) is 6.07 Å². The van der Waals surface area contributed by atoms with Gasteiger partial charge in [-0.05, 0) is 36.4 Å². The summed E-state index contributed by atoms with van der Waals surface area (Å²) in [5.41, 5.74) is 1.16. The summed E-state index contributed by atoms with van der Waals surface area (Å²) in [5, 5.41) is 7.08. The molecule has 0 saturated carbocycles. The molecule has 0 radical (unpaired) electrons. The van der Waals surface area contributed by atoms with E-state index >= 15 is 0 Å². The molecule has 0 bridgehead atoms. The maximum atomic E-state index is 12.8. The van der Waals surface area contributed by atoms with Crippen molar-refractivity contribution < 1.29 is 17.7 Å². The van der Waals surface area contributed by atoms with Gasteiger partial charge in [0.25, 0.3) is 5.89 Å². The first-order valence-corrected chi connectivity index (χ1v) is 11.1. The average molecular weight is 449 g/mol. The summed E-state index contributed by atoms with van der Waals surface area (Å²) in [6.07, 6.45) is 0.616. The zero-order valence-corrected chi connectivity index (χ0v) is 18.1. The topological polar surface area (TPSA) is 105 Å². The van der Waals surface area contributed by atoms with E-state index in [1.54, 1.807) is 37.3 Å². The Hall–Kier alpha value is -2.75. The van der Waals surface area contributed by atoms with Crippen molar-refractivity contribution in [2.75, 3.05) is 18.9 Å². The van der Waals surface area contributed by atoms with Gasteiger partial charge in [0, 0.05) is 32.1 Å². The monoisotopic (exact) mass is 448 g/mol. The van der Waals surface area contributed by atoms with Crippen LogP contribution in [0.2, 0.25) is 5.02 Å². The molecule has 0 aliphatic heterocycles. The van der Waals surface area contributed by atoms with Crippen LogP contribution >= 0.6 is 11.6 Å². The molecule has 0 aliphatic carbocycles. The molecule has 0 aliphatic rings. The first-order valence-electron chi connectivity index (χ1n) is 9.25. The van der Waals surface area contributed by atoms with Gasteiger partial charge in [0.05, 0.1) is 15.5 Å². The number of hydrogen-bond acceptors (Lipinski definition) is 6. The van der Waals surface area contributed by atoms with Gasteiger partial charge in [0.1, 0.15) is 0 Å². The van der Waals surface area contributed by atoms with Crippen molar-refractivity contribution in [3.05, 3.63) is 59.4 Å². The van der Waals surface area contributed by atoms with Gasteiger partial charge in [-0.15, -0.1) is 0 Å². The third kappa shape index (κ3) is 5.05. The van der Waals surface area contributed by atoms with Gasteiger partial charge in [0.2, 0.25) is 15.9 Å². The van der Waals surface area contributed by atoms with Gasteiger partial charge in [0.15, 0.2) is 5.82 Å². The lowest BCUT2D eigenvalue weighted by Gasteiger charge is -2.16. The maximum Gasteiger partial charge on any atom is 0.259 e. The molecule has 3 aromatic rings. The molecule has 0 atom stereocenters. The van der Waals surface area contributed by atoms with Crippen LogP contribution in [0.1, 0.15) is 19.2 Å². The number of anilines is 1. The second kappa shape index (κ2) is 9.38. The van der Waals surface area contributed by atoms with Crippen molar-refractivity contribution in [1.29, 1.82) is 0 Å². The van der Waals surface area contributed by atoms with E-state index < -0.39 is 10.0 Å². The van der Waals surface area contributed by atoms with Crippen molar-refractivity contribution in [1.82, 2.24) is 14.4 Å².